The molecule has 38 heavy (non-hydrogen) atoms. The number of carbonyl (C=O) groups is 1. The smallest absolute Gasteiger partial charge is 0.255 e. The molecule has 3 rings (SSSR count). The molecule has 6 heteroatoms. The monoisotopic (exact) mass is 555 g/mol. The Kier molecular flexibility index (Phi) is 13.7. The Bertz CT molecular complexity index is 1110. The highest BCUT2D eigenvalue weighted by Gasteiger charge is 2.14. The molecule has 4 nitrogen and oxygen atoms in total. The van der Waals surface area contributed by atoms with Crippen molar-refractivity contribution >= 4 is 34.5 Å². The molecule has 0 saturated carbocycles. The third-order valence-corrected chi connectivity index (χ3v) is 7.89. The Morgan fingerprint density at radius 1 is 0.921 bits per heavy atom. The molecule has 0 aliphatic rings. The lowest BCUT2D eigenvalue weighted by molar-refractivity contribution is -0.683. The summed E-state index contributed by atoms with van der Waals surface area (Å²) in [6, 6.07) is 13.2. The number of hydrogen-bond acceptors (Lipinski definition) is 3. The molecule has 0 fully saturated rings. The molecule has 0 spiro atoms. The molecule has 0 unspecified atom stereocenters. The summed E-state index contributed by atoms with van der Waals surface area (Å²) >= 11 is 8.16. The van der Waals surface area contributed by atoms with E-state index in [0.717, 1.165) is 24.9 Å². The van der Waals surface area contributed by atoms with Gasteiger partial charge in [-0.05, 0) is 37.6 Å². The van der Waals surface area contributed by atoms with Gasteiger partial charge >= 0.3 is 0 Å². The van der Waals surface area contributed by atoms with E-state index in [1.165, 1.54) is 69.1 Å². The van der Waals surface area contributed by atoms with Gasteiger partial charge in [-0.15, -0.1) is 0 Å². The molecule has 0 saturated heterocycles. The van der Waals surface area contributed by atoms with E-state index >= 15 is 0 Å². The molecule has 1 N–H and O–H groups in total. The molecule has 1 amide bonds. The van der Waals surface area contributed by atoms with Crippen LogP contribution in [0.2, 0.25) is 5.02 Å². The molecule has 2 aromatic carbocycles. The van der Waals surface area contributed by atoms with E-state index in [1.807, 2.05) is 36.4 Å². The summed E-state index contributed by atoms with van der Waals surface area (Å²) in [5.41, 5.74) is 4.39. The van der Waals surface area contributed by atoms with E-state index in [0.29, 0.717) is 28.6 Å². The van der Waals surface area contributed by atoms with Crippen LogP contribution in [0.3, 0.4) is 0 Å². The zero-order valence-corrected chi connectivity index (χ0v) is 24.7. The number of benzene rings is 2. The highest BCUT2D eigenvalue weighted by molar-refractivity contribution is 7.09. The number of rotatable bonds is 18. The van der Waals surface area contributed by atoms with Crippen LogP contribution in [-0.4, -0.2) is 12.5 Å². The van der Waals surface area contributed by atoms with Gasteiger partial charge in [0.05, 0.1) is 22.2 Å². The van der Waals surface area contributed by atoms with Crippen molar-refractivity contribution in [1.29, 1.82) is 0 Å². The number of amides is 1. The topological polar surface area (TPSA) is 42.2 Å². The Morgan fingerprint density at radius 2 is 1.58 bits per heavy atom. The molecule has 0 radical (unpaired) electrons. The molecule has 3 aromatic rings. The van der Waals surface area contributed by atoms with Crippen molar-refractivity contribution < 1.29 is 14.1 Å². The average molecular weight is 556 g/mol. The Balaban J connectivity index is 1.40. The van der Waals surface area contributed by atoms with Crippen molar-refractivity contribution in [2.24, 2.45) is 0 Å². The van der Waals surface area contributed by atoms with Crippen molar-refractivity contribution in [2.75, 3.05) is 11.9 Å². The normalized spacial score (nSPS) is 11.0. The number of para-hydroxylation sites is 1. The fourth-order valence-electron chi connectivity index (χ4n) is 4.62. The number of thiazole rings is 1. The minimum atomic E-state index is -0.171. The lowest BCUT2D eigenvalue weighted by Crippen LogP contribution is -2.30. The van der Waals surface area contributed by atoms with Crippen molar-refractivity contribution in [2.45, 2.75) is 97.4 Å². The summed E-state index contributed by atoms with van der Waals surface area (Å²) in [6.07, 6.45) is 17.8. The van der Waals surface area contributed by atoms with Crippen molar-refractivity contribution in [3.63, 3.8) is 0 Å². The van der Waals surface area contributed by atoms with Crippen LogP contribution in [0.25, 0.3) is 0 Å². The second-order valence-corrected chi connectivity index (χ2v) is 11.6. The number of aromatic nitrogens is 1. The van der Waals surface area contributed by atoms with Gasteiger partial charge in [-0.3, -0.25) is 4.79 Å². The van der Waals surface area contributed by atoms with Gasteiger partial charge in [0.1, 0.15) is 0 Å². The summed E-state index contributed by atoms with van der Waals surface area (Å²) in [7, 11) is 0. The maximum Gasteiger partial charge on any atom is 0.255 e. The zero-order chi connectivity index (χ0) is 27.0. The number of carbonyl (C=O) groups excluding carboxylic acids is 1. The zero-order valence-electron chi connectivity index (χ0n) is 23.1. The summed E-state index contributed by atoms with van der Waals surface area (Å²) < 4.78 is 8.19. The first kappa shape index (κ1) is 30.2. The fraction of sp³-hybridized carbons (Fsp3) is 0.500. The third-order valence-electron chi connectivity index (χ3n) is 6.74. The fourth-order valence-corrected chi connectivity index (χ4v) is 5.48. The van der Waals surface area contributed by atoms with E-state index in [2.05, 4.69) is 35.4 Å². The quantitative estimate of drug-likeness (QED) is 0.125. The Morgan fingerprint density at radius 3 is 2.24 bits per heavy atom. The van der Waals surface area contributed by atoms with Crippen LogP contribution in [0.5, 0.6) is 5.75 Å². The standard InChI is InChI=1S/C32H43ClN2O2S/c1-3-4-5-6-7-8-9-10-11-12-13-14-21-37-31-29(33)19-16-20-30(31)34-32(36)28-18-15-17-27(22-28)24-35-23-26(2)38-25-35/h15-20,22-23,25H,3-14,21,24H2,1-2H3/p+1. The SMILES string of the molecule is CCCCCCCCCCCCCCOc1c(Cl)cccc1NC(=O)c1cccc(C[n+]2csc(C)c2)c1. The number of nitrogens with zero attached hydrogens (tertiary/aromatic N) is 1. The Labute approximate surface area is 238 Å². The van der Waals surface area contributed by atoms with E-state index in [1.54, 1.807) is 17.4 Å². The minimum absolute atomic E-state index is 0.171. The van der Waals surface area contributed by atoms with Crippen molar-refractivity contribution in [3.05, 3.63) is 75.2 Å². The van der Waals surface area contributed by atoms with Crippen LogP contribution in [0, 0.1) is 6.92 Å². The second kappa shape index (κ2) is 17.3. The first-order chi connectivity index (χ1) is 18.6. The summed E-state index contributed by atoms with van der Waals surface area (Å²) in [5, 5.41) is 3.52. The van der Waals surface area contributed by atoms with Gasteiger partial charge in [0.25, 0.3) is 5.91 Å². The predicted molar refractivity (Wildman–Crippen MR) is 161 cm³/mol. The van der Waals surface area contributed by atoms with E-state index < -0.39 is 0 Å². The molecule has 0 bridgehead atoms. The molecular weight excluding hydrogens is 512 g/mol. The summed E-state index contributed by atoms with van der Waals surface area (Å²) in [5.74, 6) is 0.377. The predicted octanol–water partition coefficient (Wildman–Crippen LogP) is 9.38. The number of anilines is 1. The van der Waals surface area contributed by atoms with Crippen LogP contribution < -0.4 is 14.6 Å². The third kappa shape index (κ3) is 10.8. The molecule has 1 aromatic heterocycles. The molecule has 0 aliphatic heterocycles. The maximum absolute atomic E-state index is 13.1. The second-order valence-electron chi connectivity index (χ2n) is 10.1. The van der Waals surface area contributed by atoms with Crippen LogP contribution in [-0.2, 0) is 6.54 Å². The van der Waals surface area contributed by atoms with Gasteiger partial charge in [-0.1, -0.05) is 119 Å². The molecule has 206 valence electrons. The van der Waals surface area contributed by atoms with E-state index in [9.17, 15) is 4.79 Å². The number of unbranched alkanes of at least 4 members (excludes halogenated alkanes) is 11. The number of halogens is 1. The molecular formula is C32H44ClN2O2S+. The van der Waals surface area contributed by atoms with Gasteiger partial charge < -0.3 is 10.1 Å². The van der Waals surface area contributed by atoms with Gasteiger partial charge in [0.15, 0.2) is 18.5 Å². The van der Waals surface area contributed by atoms with Gasteiger partial charge in [0, 0.05) is 11.1 Å². The van der Waals surface area contributed by atoms with Crippen LogP contribution in [0.4, 0.5) is 5.69 Å². The average Bonchev–Trinajstić information content (AvgIpc) is 3.32. The van der Waals surface area contributed by atoms with E-state index in [4.69, 9.17) is 16.3 Å². The highest BCUT2D eigenvalue weighted by Crippen LogP contribution is 2.33. The highest BCUT2D eigenvalue weighted by atomic mass is 35.5. The first-order valence-electron chi connectivity index (χ1n) is 14.3. The molecule has 0 atom stereocenters. The Hall–Kier alpha value is -2.37. The van der Waals surface area contributed by atoms with Crippen LogP contribution in [0.1, 0.15) is 105 Å². The van der Waals surface area contributed by atoms with Crippen LogP contribution in [0.15, 0.2) is 54.2 Å². The van der Waals surface area contributed by atoms with Gasteiger partial charge in [0.2, 0.25) is 5.51 Å². The van der Waals surface area contributed by atoms with Gasteiger partial charge in [-0.25, -0.2) is 0 Å². The molecule has 0 aliphatic carbocycles. The molecule has 1 heterocycles. The largest absolute Gasteiger partial charge is 0.490 e. The summed E-state index contributed by atoms with van der Waals surface area (Å²) in [6.45, 7) is 5.69. The summed E-state index contributed by atoms with van der Waals surface area (Å²) in [4.78, 5) is 14.3. The number of nitrogens with one attached hydrogen (secondary N) is 1. The number of aryl methyl sites for hydroxylation is 1. The number of hydrogen-bond donors (Lipinski definition) is 1. The van der Waals surface area contributed by atoms with Gasteiger partial charge in [-0.2, -0.15) is 4.57 Å². The maximum atomic E-state index is 13.1. The first-order valence-corrected chi connectivity index (χ1v) is 15.6. The lowest BCUT2D eigenvalue weighted by Gasteiger charge is -2.14. The van der Waals surface area contributed by atoms with E-state index in [-0.39, 0.29) is 5.91 Å². The van der Waals surface area contributed by atoms with Crippen LogP contribution >= 0.6 is 22.9 Å². The minimum Gasteiger partial charge on any atom is -0.490 e. The van der Waals surface area contributed by atoms with Crippen molar-refractivity contribution in [3.8, 4) is 5.75 Å². The lowest BCUT2D eigenvalue weighted by atomic mass is 10.1. The number of ether oxygens (including phenoxy) is 1. The van der Waals surface area contributed by atoms with Crippen molar-refractivity contribution in [1.82, 2.24) is 0 Å².